The molecule has 154 valence electrons. The van der Waals surface area contributed by atoms with Gasteiger partial charge in [-0.3, -0.25) is 14.2 Å². The molecule has 0 aliphatic heterocycles. The van der Waals surface area contributed by atoms with Crippen LogP contribution in [-0.4, -0.2) is 15.5 Å². The van der Waals surface area contributed by atoms with Crippen LogP contribution in [0.2, 0.25) is 0 Å². The van der Waals surface area contributed by atoms with Gasteiger partial charge in [0.25, 0.3) is 5.56 Å². The van der Waals surface area contributed by atoms with Gasteiger partial charge in [-0.1, -0.05) is 26.8 Å². The number of aromatic nitrogens is 2. The molecule has 0 radical (unpaired) electrons. The first-order chi connectivity index (χ1) is 13.8. The van der Waals surface area contributed by atoms with Crippen LogP contribution in [0.15, 0.2) is 28.6 Å². The highest BCUT2D eigenvalue weighted by atomic mass is 32.1. The summed E-state index contributed by atoms with van der Waals surface area (Å²) in [6, 6.07) is 4.02. The van der Waals surface area contributed by atoms with Crippen molar-refractivity contribution in [2.24, 2.45) is 5.41 Å². The number of carbonyl (C=O) groups is 1. The predicted molar refractivity (Wildman–Crippen MR) is 120 cm³/mol. The second-order valence-corrected chi connectivity index (χ2v) is 10.8. The zero-order chi connectivity index (χ0) is 20.6. The van der Waals surface area contributed by atoms with Crippen LogP contribution >= 0.6 is 22.7 Å². The van der Waals surface area contributed by atoms with E-state index in [0.29, 0.717) is 6.54 Å². The lowest BCUT2D eigenvalue weighted by atomic mass is 9.85. The van der Waals surface area contributed by atoms with Crippen molar-refractivity contribution in [3.63, 3.8) is 0 Å². The fourth-order valence-electron chi connectivity index (χ4n) is 3.97. The first-order valence-corrected chi connectivity index (χ1v) is 11.9. The van der Waals surface area contributed by atoms with Gasteiger partial charge in [0.05, 0.1) is 17.8 Å². The topological polar surface area (TPSA) is 64.0 Å². The SMILES string of the molecule is CC(C)(C)C(NC(=O)CCn1cnc2sc3c(c2c1=O)CCCC3)c1cccs1. The summed E-state index contributed by atoms with van der Waals surface area (Å²) in [7, 11) is 0. The number of hydrogen-bond acceptors (Lipinski definition) is 5. The van der Waals surface area contributed by atoms with E-state index in [1.54, 1.807) is 33.6 Å². The molecule has 7 heteroatoms. The average molecular weight is 430 g/mol. The van der Waals surface area contributed by atoms with Gasteiger partial charge in [0.15, 0.2) is 0 Å². The van der Waals surface area contributed by atoms with Crippen molar-refractivity contribution in [2.45, 2.75) is 65.5 Å². The van der Waals surface area contributed by atoms with Crippen LogP contribution in [0.5, 0.6) is 0 Å². The molecule has 3 aromatic heterocycles. The molecule has 1 atom stereocenters. The van der Waals surface area contributed by atoms with Crippen LogP contribution in [0.3, 0.4) is 0 Å². The van der Waals surface area contributed by atoms with Gasteiger partial charge in [-0.2, -0.15) is 0 Å². The minimum atomic E-state index is -0.0897. The van der Waals surface area contributed by atoms with Crippen molar-refractivity contribution in [3.8, 4) is 0 Å². The highest BCUT2D eigenvalue weighted by Crippen LogP contribution is 2.35. The highest BCUT2D eigenvalue weighted by molar-refractivity contribution is 7.18. The van der Waals surface area contributed by atoms with Gasteiger partial charge in [-0.25, -0.2) is 4.98 Å². The van der Waals surface area contributed by atoms with Crippen molar-refractivity contribution >= 4 is 38.8 Å². The van der Waals surface area contributed by atoms with E-state index in [9.17, 15) is 9.59 Å². The third-order valence-corrected chi connectivity index (χ3v) is 7.66. The van der Waals surface area contributed by atoms with Gasteiger partial charge >= 0.3 is 0 Å². The Labute approximate surface area is 178 Å². The van der Waals surface area contributed by atoms with Crippen molar-refractivity contribution in [1.29, 1.82) is 0 Å². The summed E-state index contributed by atoms with van der Waals surface area (Å²) in [5.74, 6) is -0.0438. The number of fused-ring (bicyclic) bond motifs is 3. The largest absolute Gasteiger partial charge is 0.348 e. The molecule has 1 aliphatic carbocycles. The van der Waals surface area contributed by atoms with Gasteiger partial charge in [-0.05, 0) is 48.1 Å². The quantitative estimate of drug-likeness (QED) is 0.640. The zero-order valence-corrected chi connectivity index (χ0v) is 18.8. The van der Waals surface area contributed by atoms with Gasteiger partial charge in [-0.15, -0.1) is 22.7 Å². The molecular weight excluding hydrogens is 402 g/mol. The first kappa shape index (κ1) is 20.3. The molecule has 1 N–H and O–H groups in total. The number of aryl methyl sites for hydroxylation is 3. The summed E-state index contributed by atoms with van der Waals surface area (Å²) in [4.78, 5) is 33.6. The van der Waals surface area contributed by atoms with Crippen molar-refractivity contribution in [3.05, 3.63) is 49.5 Å². The fourth-order valence-corrected chi connectivity index (χ4v) is 6.21. The maximum atomic E-state index is 13.0. The van der Waals surface area contributed by atoms with Crippen LogP contribution in [0.4, 0.5) is 0 Å². The van der Waals surface area contributed by atoms with E-state index >= 15 is 0 Å². The molecule has 0 spiro atoms. The van der Waals surface area contributed by atoms with E-state index in [2.05, 4.69) is 37.1 Å². The number of nitrogens with zero attached hydrogens (tertiary/aromatic N) is 2. The molecule has 0 bridgehead atoms. The molecule has 0 aromatic carbocycles. The maximum absolute atomic E-state index is 13.0. The Morgan fingerprint density at radius 2 is 2.10 bits per heavy atom. The normalized spacial score (nSPS) is 15.3. The van der Waals surface area contributed by atoms with E-state index in [0.717, 1.165) is 34.4 Å². The van der Waals surface area contributed by atoms with E-state index in [4.69, 9.17) is 0 Å². The van der Waals surface area contributed by atoms with Crippen molar-refractivity contribution in [2.75, 3.05) is 0 Å². The van der Waals surface area contributed by atoms with Crippen LogP contribution in [-0.2, 0) is 24.2 Å². The van der Waals surface area contributed by atoms with E-state index in [1.165, 1.54) is 16.9 Å². The molecule has 0 saturated heterocycles. The molecule has 1 amide bonds. The fraction of sp³-hybridized carbons (Fsp3) is 0.500. The van der Waals surface area contributed by atoms with Gasteiger partial charge in [0, 0.05) is 22.7 Å². The van der Waals surface area contributed by atoms with E-state index in [-0.39, 0.29) is 29.3 Å². The Kier molecular flexibility index (Phi) is 5.62. The van der Waals surface area contributed by atoms with Crippen LogP contribution in [0.25, 0.3) is 10.2 Å². The van der Waals surface area contributed by atoms with E-state index < -0.39 is 0 Å². The maximum Gasteiger partial charge on any atom is 0.262 e. The van der Waals surface area contributed by atoms with Crippen LogP contribution in [0, 0.1) is 5.41 Å². The molecule has 0 fully saturated rings. The Hall–Kier alpha value is -1.99. The monoisotopic (exact) mass is 429 g/mol. The summed E-state index contributed by atoms with van der Waals surface area (Å²) in [5, 5.41) is 5.98. The minimum Gasteiger partial charge on any atom is -0.348 e. The lowest BCUT2D eigenvalue weighted by Crippen LogP contribution is -2.37. The summed E-state index contributed by atoms with van der Waals surface area (Å²) in [5.41, 5.74) is 1.10. The molecule has 1 aliphatic rings. The summed E-state index contributed by atoms with van der Waals surface area (Å²) < 4.78 is 1.60. The average Bonchev–Trinajstić information content (AvgIpc) is 3.32. The third kappa shape index (κ3) is 4.16. The highest BCUT2D eigenvalue weighted by Gasteiger charge is 2.28. The molecule has 3 heterocycles. The number of carbonyl (C=O) groups excluding carboxylic acids is 1. The zero-order valence-electron chi connectivity index (χ0n) is 17.2. The summed E-state index contributed by atoms with van der Waals surface area (Å²) in [6.45, 7) is 6.72. The Balaban J connectivity index is 1.50. The molecule has 29 heavy (non-hydrogen) atoms. The number of thiophene rings is 2. The van der Waals surface area contributed by atoms with E-state index in [1.807, 2.05) is 11.4 Å². The van der Waals surface area contributed by atoms with Gasteiger partial charge in [0.1, 0.15) is 4.83 Å². The first-order valence-electron chi connectivity index (χ1n) is 10.2. The molecule has 4 rings (SSSR count). The Morgan fingerprint density at radius 3 is 2.83 bits per heavy atom. The van der Waals surface area contributed by atoms with Crippen molar-refractivity contribution < 1.29 is 4.79 Å². The predicted octanol–water partition coefficient (Wildman–Crippen LogP) is 4.69. The number of rotatable bonds is 5. The second-order valence-electron chi connectivity index (χ2n) is 8.77. The lowest BCUT2D eigenvalue weighted by Gasteiger charge is -2.30. The smallest absolute Gasteiger partial charge is 0.262 e. The van der Waals surface area contributed by atoms with Crippen LogP contribution in [0.1, 0.15) is 61.4 Å². The second kappa shape index (κ2) is 8.03. The van der Waals surface area contributed by atoms with Gasteiger partial charge in [0.2, 0.25) is 5.91 Å². The molecule has 0 saturated carbocycles. The van der Waals surface area contributed by atoms with Crippen LogP contribution < -0.4 is 10.9 Å². The summed E-state index contributed by atoms with van der Waals surface area (Å²) >= 11 is 3.31. The van der Waals surface area contributed by atoms with Gasteiger partial charge < -0.3 is 5.32 Å². The Bertz CT molecular complexity index is 1070. The molecule has 5 nitrogen and oxygen atoms in total. The summed E-state index contributed by atoms with van der Waals surface area (Å²) in [6.07, 6.45) is 6.19. The third-order valence-electron chi connectivity index (χ3n) is 5.52. The van der Waals surface area contributed by atoms with Crippen molar-refractivity contribution in [1.82, 2.24) is 14.9 Å². The number of amides is 1. The number of nitrogens with one attached hydrogen (secondary N) is 1. The molecule has 1 unspecified atom stereocenters. The molecular formula is C22H27N3O2S2. The molecule has 3 aromatic rings. The Morgan fingerprint density at radius 1 is 1.31 bits per heavy atom. The minimum absolute atomic E-state index is 0.00664. The lowest BCUT2D eigenvalue weighted by molar-refractivity contribution is -0.122. The standard InChI is InChI=1S/C22H27N3O2S2/c1-22(2,3)19(16-9-6-12-28-16)24-17(26)10-11-25-13-23-20-18(21(25)27)14-7-4-5-8-15(14)29-20/h6,9,12-13,19H,4-5,7-8,10-11H2,1-3H3,(H,24,26). The number of hydrogen-bond donors (Lipinski definition) is 1.